The van der Waals surface area contributed by atoms with Crippen molar-refractivity contribution in [3.63, 3.8) is 0 Å². The highest BCUT2D eigenvalue weighted by atomic mass is 16.5. The molecule has 4 heteroatoms. The van der Waals surface area contributed by atoms with Crippen LogP contribution in [0.2, 0.25) is 0 Å². The zero-order valence-corrected chi connectivity index (χ0v) is 11.5. The van der Waals surface area contributed by atoms with Gasteiger partial charge in [0, 0.05) is 18.8 Å². The Morgan fingerprint density at radius 2 is 1.76 bits per heavy atom. The number of hydrogen-bond acceptors (Lipinski definition) is 3. The second-order valence-corrected chi connectivity index (χ2v) is 6.01. The summed E-state index contributed by atoms with van der Waals surface area (Å²) >= 11 is 0. The number of ketones is 1. The first-order chi connectivity index (χ1) is 7.68. The monoisotopic (exact) mass is 243 g/mol. The summed E-state index contributed by atoms with van der Waals surface area (Å²) in [4.78, 5) is 22.7. The van der Waals surface area contributed by atoms with Gasteiger partial charge in [0.25, 0.3) is 0 Å². The van der Waals surface area contributed by atoms with Crippen LogP contribution in [0.15, 0.2) is 0 Å². The van der Waals surface area contributed by atoms with Gasteiger partial charge in [-0.1, -0.05) is 34.6 Å². The fourth-order valence-corrected chi connectivity index (χ4v) is 2.13. The van der Waals surface area contributed by atoms with E-state index in [1.165, 1.54) is 0 Å². The van der Waals surface area contributed by atoms with Crippen molar-refractivity contribution in [3.05, 3.63) is 0 Å². The molecule has 0 aromatic carbocycles. The normalized spacial score (nSPS) is 13.6. The summed E-state index contributed by atoms with van der Waals surface area (Å²) in [6, 6.07) is 0. The van der Waals surface area contributed by atoms with Gasteiger partial charge in [-0.15, -0.1) is 0 Å². The molecule has 0 heterocycles. The van der Waals surface area contributed by atoms with Crippen molar-refractivity contribution in [1.82, 2.24) is 5.48 Å². The zero-order chi connectivity index (χ0) is 13.6. The molecule has 0 aromatic rings. The summed E-state index contributed by atoms with van der Waals surface area (Å²) in [6.07, 6.45) is 1.62. The minimum absolute atomic E-state index is 0.0605. The Kier molecular flexibility index (Phi) is 6.39. The molecule has 2 N–H and O–H groups in total. The van der Waals surface area contributed by atoms with Gasteiger partial charge in [0.15, 0.2) is 0 Å². The largest absolute Gasteiger partial charge is 0.299 e. The second-order valence-electron chi connectivity index (χ2n) is 6.01. The molecule has 0 spiro atoms. The summed E-state index contributed by atoms with van der Waals surface area (Å²) in [5.74, 6) is 0.0970. The third-order valence-corrected chi connectivity index (χ3v) is 2.86. The standard InChI is InChI=1S/C13H25NO3/c1-9(2)11(15)8-13(4,5)7-10(3)6-12(16)14-17/h9-10,17H,6-8H2,1-5H3,(H,14,16). The van der Waals surface area contributed by atoms with E-state index in [9.17, 15) is 9.59 Å². The quantitative estimate of drug-likeness (QED) is 0.533. The highest BCUT2D eigenvalue weighted by Crippen LogP contribution is 2.31. The van der Waals surface area contributed by atoms with Crippen LogP contribution in [0.5, 0.6) is 0 Å². The molecule has 0 aliphatic rings. The number of carbonyl (C=O) groups excluding carboxylic acids is 2. The number of hydroxylamine groups is 1. The predicted octanol–water partition coefficient (Wildman–Crippen LogP) is 2.55. The molecule has 0 bridgehead atoms. The molecule has 100 valence electrons. The lowest BCUT2D eigenvalue weighted by atomic mass is 9.77. The summed E-state index contributed by atoms with van der Waals surface area (Å²) in [5, 5.41) is 8.45. The molecule has 4 nitrogen and oxygen atoms in total. The maximum Gasteiger partial charge on any atom is 0.243 e. The molecular weight excluding hydrogens is 218 g/mol. The van der Waals surface area contributed by atoms with Crippen LogP contribution in [-0.4, -0.2) is 16.9 Å². The number of hydrogen-bond donors (Lipinski definition) is 2. The Hall–Kier alpha value is -0.900. The van der Waals surface area contributed by atoms with Gasteiger partial charge >= 0.3 is 0 Å². The van der Waals surface area contributed by atoms with Crippen molar-refractivity contribution >= 4 is 11.7 Å². The maximum atomic E-state index is 11.7. The smallest absolute Gasteiger partial charge is 0.243 e. The molecule has 0 aliphatic heterocycles. The van der Waals surface area contributed by atoms with Crippen molar-refractivity contribution in [2.75, 3.05) is 0 Å². The number of rotatable bonds is 7. The zero-order valence-electron chi connectivity index (χ0n) is 11.5. The van der Waals surface area contributed by atoms with Crippen molar-refractivity contribution in [3.8, 4) is 0 Å². The highest BCUT2D eigenvalue weighted by molar-refractivity contribution is 5.80. The number of carbonyl (C=O) groups is 2. The molecule has 1 atom stereocenters. The molecule has 0 aromatic heterocycles. The average molecular weight is 243 g/mol. The van der Waals surface area contributed by atoms with Gasteiger partial charge in [-0.2, -0.15) is 0 Å². The van der Waals surface area contributed by atoms with Crippen LogP contribution >= 0.6 is 0 Å². The minimum Gasteiger partial charge on any atom is -0.299 e. The lowest BCUT2D eigenvalue weighted by Gasteiger charge is -2.27. The Morgan fingerprint density at radius 1 is 1.24 bits per heavy atom. The van der Waals surface area contributed by atoms with Gasteiger partial charge in [0.2, 0.25) is 5.91 Å². The molecule has 17 heavy (non-hydrogen) atoms. The topological polar surface area (TPSA) is 66.4 Å². The van der Waals surface area contributed by atoms with Crippen molar-refractivity contribution in [1.29, 1.82) is 0 Å². The summed E-state index contributed by atoms with van der Waals surface area (Å²) in [5.41, 5.74) is 1.53. The fraction of sp³-hybridized carbons (Fsp3) is 0.846. The van der Waals surface area contributed by atoms with E-state index in [2.05, 4.69) is 0 Å². The fourth-order valence-electron chi connectivity index (χ4n) is 2.13. The van der Waals surface area contributed by atoms with Gasteiger partial charge in [-0.25, -0.2) is 5.48 Å². The van der Waals surface area contributed by atoms with Gasteiger partial charge in [-0.3, -0.25) is 14.8 Å². The van der Waals surface area contributed by atoms with Crippen LogP contribution in [0.3, 0.4) is 0 Å². The Morgan fingerprint density at radius 3 is 2.18 bits per heavy atom. The SMILES string of the molecule is CC(CC(=O)NO)CC(C)(C)CC(=O)C(C)C. The Labute approximate surface area is 104 Å². The van der Waals surface area contributed by atoms with Crippen molar-refractivity contribution in [2.45, 2.75) is 53.9 Å². The molecule has 0 radical (unpaired) electrons. The Balaban J connectivity index is 4.24. The molecule has 1 unspecified atom stereocenters. The molecule has 0 saturated heterocycles. The molecule has 0 aliphatic carbocycles. The number of amides is 1. The Bertz CT molecular complexity index is 272. The number of nitrogens with one attached hydrogen (secondary N) is 1. The second kappa shape index (κ2) is 6.74. The summed E-state index contributed by atoms with van der Waals surface area (Å²) < 4.78 is 0. The van der Waals surface area contributed by atoms with Crippen LogP contribution in [0, 0.1) is 17.3 Å². The summed E-state index contributed by atoms with van der Waals surface area (Å²) in [7, 11) is 0. The highest BCUT2D eigenvalue weighted by Gasteiger charge is 2.26. The van der Waals surface area contributed by atoms with Crippen LogP contribution in [0.25, 0.3) is 0 Å². The third-order valence-electron chi connectivity index (χ3n) is 2.86. The van der Waals surface area contributed by atoms with Crippen molar-refractivity contribution < 1.29 is 14.8 Å². The first-order valence-electron chi connectivity index (χ1n) is 6.13. The average Bonchev–Trinajstić information content (AvgIpc) is 2.15. The van der Waals surface area contributed by atoms with Gasteiger partial charge in [0.05, 0.1) is 0 Å². The van der Waals surface area contributed by atoms with E-state index in [1.807, 2.05) is 34.6 Å². The van der Waals surface area contributed by atoms with Crippen molar-refractivity contribution in [2.24, 2.45) is 17.3 Å². The van der Waals surface area contributed by atoms with E-state index in [4.69, 9.17) is 5.21 Å². The lowest BCUT2D eigenvalue weighted by molar-refractivity contribution is -0.130. The lowest BCUT2D eigenvalue weighted by Crippen LogP contribution is -2.26. The molecule has 0 saturated carbocycles. The number of Topliss-reactive ketones (excluding diaryl/α,β-unsaturated/α-hetero) is 1. The van der Waals surface area contributed by atoms with Gasteiger partial charge in [0.1, 0.15) is 5.78 Å². The first-order valence-corrected chi connectivity index (χ1v) is 6.13. The van der Waals surface area contributed by atoms with Crippen LogP contribution < -0.4 is 5.48 Å². The molecule has 1 amide bonds. The third kappa shape index (κ3) is 7.10. The minimum atomic E-state index is -0.372. The predicted molar refractivity (Wildman–Crippen MR) is 66.6 cm³/mol. The van der Waals surface area contributed by atoms with Crippen LogP contribution in [0.1, 0.15) is 53.9 Å². The van der Waals surface area contributed by atoms with E-state index in [0.29, 0.717) is 6.42 Å². The summed E-state index contributed by atoms with van der Waals surface area (Å²) in [6.45, 7) is 9.85. The van der Waals surface area contributed by atoms with Crippen LogP contribution in [-0.2, 0) is 9.59 Å². The van der Waals surface area contributed by atoms with Crippen LogP contribution in [0.4, 0.5) is 0 Å². The molecular formula is C13H25NO3. The molecule has 0 rings (SSSR count). The van der Waals surface area contributed by atoms with Gasteiger partial charge < -0.3 is 0 Å². The van der Waals surface area contributed by atoms with E-state index < -0.39 is 0 Å². The van der Waals surface area contributed by atoms with E-state index in [1.54, 1.807) is 5.48 Å². The van der Waals surface area contributed by atoms with Gasteiger partial charge in [-0.05, 0) is 17.8 Å². The van der Waals surface area contributed by atoms with E-state index >= 15 is 0 Å². The van der Waals surface area contributed by atoms with E-state index in [0.717, 1.165) is 6.42 Å². The molecule has 0 fully saturated rings. The first kappa shape index (κ1) is 16.1. The van der Waals surface area contributed by atoms with E-state index in [-0.39, 0.29) is 35.4 Å². The maximum absolute atomic E-state index is 11.7.